The van der Waals surface area contributed by atoms with Gasteiger partial charge in [0.2, 0.25) is 6.43 Å². The van der Waals surface area contributed by atoms with Crippen LogP contribution in [0.4, 0.5) is 8.78 Å². The maximum absolute atomic E-state index is 11.8. The molecule has 4 heteroatoms. The predicted molar refractivity (Wildman–Crippen MR) is 40.4 cm³/mol. The van der Waals surface area contributed by atoms with Gasteiger partial charge >= 0.3 is 0 Å². The summed E-state index contributed by atoms with van der Waals surface area (Å²) in [5.74, 6) is 0. The number of aryl methyl sites for hydroxylation is 1. The van der Waals surface area contributed by atoms with Crippen LogP contribution in [0.25, 0.3) is 0 Å². The van der Waals surface area contributed by atoms with Crippen molar-refractivity contribution < 1.29 is 13.6 Å². The van der Waals surface area contributed by atoms with E-state index in [0.29, 0.717) is 12.0 Å². The Balaban J connectivity index is 2.56. The number of carbonyl (C=O) groups is 1. The van der Waals surface area contributed by atoms with E-state index in [9.17, 15) is 13.6 Å². The molecular formula is C8H9F2NO. The van der Waals surface area contributed by atoms with Crippen LogP contribution in [0.5, 0.6) is 0 Å². The number of aldehydes is 1. The fraction of sp³-hybridized carbons (Fsp3) is 0.375. The number of alkyl halides is 2. The molecule has 12 heavy (non-hydrogen) atoms. The number of nitrogens with zero attached hydrogens (tertiary/aromatic N) is 1. The number of hydrogen-bond donors (Lipinski definition) is 0. The van der Waals surface area contributed by atoms with Gasteiger partial charge in [-0.1, -0.05) is 0 Å². The zero-order valence-corrected chi connectivity index (χ0v) is 6.41. The third-order valence-corrected chi connectivity index (χ3v) is 1.57. The second kappa shape index (κ2) is 3.99. The Bertz CT molecular complexity index is 257. The van der Waals surface area contributed by atoms with Gasteiger partial charge in [-0.3, -0.25) is 4.79 Å². The number of rotatable bonds is 4. The zero-order valence-electron chi connectivity index (χ0n) is 6.41. The summed E-state index contributed by atoms with van der Waals surface area (Å²) >= 11 is 0. The number of hydrogen-bond acceptors (Lipinski definition) is 1. The Kier molecular flexibility index (Phi) is 2.96. The van der Waals surface area contributed by atoms with Crippen LogP contribution >= 0.6 is 0 Å². The molecule has 0 unspecified atom stereocenters. The molecule has 1 rings (SSSR count). The minimum absolute atomic E-state index is 0.193. The van der Waals surface area contributed by atoms with Crippen molar-refractivity contribution in [1.82, 2.24) is 4.57 Å². The highest BCUT2D eigenvalue weighted by Crippen LogP contribution is 2.05. The highest BCUT2D eigenvalue weighted by Gasteiger charge is 2.04. The van der Waals surface area contributed by atoms with E-state index >= 15 is 0 Å². The quantitative estimate of drug-likeness (QED) is 0.638. The molecule has 66 valence electrons. The summed E-state index contributed by atoms with van der Waals surface area (Å²) in [5, 5.41) is 0. The standard InChI is InChI=1S/C8H9F2NO/c9-8(10)3-5-11-4-1-2-7(11)6-12/h1-2,4,6,8H,3,5H2. The van der Waals surface area contributed by atoms with Gasteiger partial charge in [0.1, 0.15) is 0 Å². The monoisotopic (exact) mass is 173 g/mol. The van der Waals surface area contributed by atoms with E-state index < -0.39 is 6.43 Å². The van der Waals surface area contributed by atoms with Crippen molar-refractivity contribution in [2.75, 3.05) is 0 Å². The van der Waals surface area contributed by atoms with E-state index in [0.717, 1.165) is 0 Å². The van der Waals surface area contributed by atoms with Crippen LogP contribution in [0.3, 0.4) is 0 Å². The van der Waals surface area contributed by atoms with Gasteiger partial charge in [0.25, 0.3) is 0 Å². The Morgan fingerprint density at radius 1 is 1.58 bits per heavy atom. The summed E-state index contributed by atoms with van der Waals surface area (Å²) in [4.78, 5) is 10.3. The SMILES string of the molecule is O=Cc1cccn1CCC(F)F. The molecule has 0 aliphatic rings. The number of aromatic nitrogens is 1. The molecule has 1 aromatic rings. The minimum atomic E-state index is -2.31. The molecule has 0 radical (unpaired) electrons. The van der Waals surface area contributed by atoms with Crippen LogP contribution in [-0.2, 0) is 6.54 Å². The van der Waals surface area contributed by atoms with Crippen molar-refractivity contribution in [2.45, 2.75) is 19.4 Å². The van der Waals surface area contributed by atoms with Crippen LogP contribution < -0.4 is 0 Å². The Hall–Kier alpha value is -1.19. The summed E-state index contributed by atoms with van der Waals surface area (Å²) in [6, 6.07) is 3.26. The molecule has 0 saturated heterocycles. The van der Waals surface area contributed by atoms with Gasteiger partial charge in [0.15, 0.2) is 6.29 Å². The lowest BCUT2D eigenvalue weighted by molar-refractivity contribution is 0.110. The fourth-order valence-corrected chi connectivity index (χ4v) is 0.975. The molecule has 0 aromatic carbocycles. The lowest BCUT2D eigenvalue weighted by Crippen LogP contribution is -2.04. The van der Waals surface area contributed by atoms with Crippen molar-refractivity contribution in [3.8, 4) is 0 Å². The molecule has 0 N–H and O–H groups in total. The van der Waals surface area contributed by atoms with Crippen molar-refractivity contribution in [3.05, 3.63) is 24.0 Å². The molecule has 0 aliphatic carbocycles. The Morgan fingerprint density at radius 3 is 2.92 bits per heavy atom. The van der Waals surface area contributed by atoms with Crippen molar-refractivity contribution in [3.63, 3.8) is 0 Å². The highest BCUT2D eigenvalue weighted by atomic mass is 19.3. The van der Waals surface area contributed by atoms with Gasteiger partial charge in [0, 0.05) is 19.2 Å². The van der Waals surface area contributed by atoms with E-state index in [4.69, 9.17) is 0 Å². The summed E-state index contributed by atoms with van der Waals surface area (Å²) in [5.41, 5.74) is 0.440. The highest BCUT2D eigenvalue weighted by molar-refractivity contribution is 5.72. The first-order valence-electron chi connectivity index (χ1n) is 3.62. The Morgan fingerprint density at radius 2 is 2.33 bits per heavy atom. The first-order valence-corrected chi connectivity index (χ1v) is 3.62. The van der Waals surface area contributed by atoms with Gasteiger partial charge in [-0.2, -0.15) is 0 Å². The minimum Gasteiger partial charge on any atom is -0.345 e. The van der Waals surface area contributed by atoms with Crippen LogP contribution in [0.15, 0.2) is 18.3 Å². The summed E-state index contributed by atoms with van der Waals surface area (Å²) in [7, 11) is 0. The zero-order chi connectivity index (χ0) is 8.97. The van der Waals surface area contributed by atoms with Crippen molar-refractivity contribution >= 4 is 6.29 Å². The first kappa shape index (κ1) is 8.90. The Labute approximate surface area is 68.8 Å². The predicted octanol–water partition coefficient (Wildman–Crippen LogP) is 1.96. The van der Waals surface area contributed by atoms with E-state index in [1.54, 1.807) is 18.3 Å². The van der Waals surface area contributed by atoms with E-state index in [1.165, 1.54) is 4.57 Å². The average Bonchev–Trinajstić information content (AvgIpc) is 2.47. The average molecular weight is 173 g/mol. The molecule has 0 bridgehead atoms. The van der Waals surface area contributed by atoms with Gasteiger partial charge in [-0.15, -0.1) is 0 Å². The maximum atomic E-state index is 11.8. The van der Waals surface area contributed by atoms with Crippen LogP contribution in [0, 0.1) is 0 Å². The van der Waals surface area contributed by atoms with E-state index in [2.05, 4.69) is 0 Å². The first-order chi connectivity index (χ1) is 5.74. The molecule has 0 fully saturated rings. The summed E-state index contributed by atoms with van der Waals surface area (Å²) in [6.07, 6.45) is -0.250. The van der Waals surface area contributed by atoms with Gasteiger partial charge in [0.05, 0.1) is 5.69 Å². The molecule has 1 aromatic heterocycles. The molecule has 0 atom stereocenters. The lowest BCUT2D eigenvalue weighted by Gasteiger charge is -2.03. The fourth-order valence-electron chi connectivity index (χ4n) is 0.975. The molecule has 0 spiro atoms. The number of carbonyl (C=O) groups excluding carboxylic acids is 1. The third kappa shape index (κ3) is 2.15. The molecule has 1 heterocycles. The van der Waals surface area contributed by atoms with Gasteiger partial charge < -0.3 is 4.57 Å². The second-order valence-corrected chi connectivity index (χ2v) is 2.42. The number of halogens is 2. The maximum Gasteiger partial charge on any atom is 0.240 e. The van der Waals surface area contributed by atoms with Crippen LogP contribution in [0.2, 0.25) is 0 Å². The topological polar surface area (TPSA) is 22.0 Å². The van der Waals surface area contributed by atoms with Gasteiger partial charge in [-0.25, -0.2) is 8.78 Å². The normalized spacial score (nSPS) is 10.6. The van der Waals surface area contributed by atoms with Crippen molar-refractivity contribution in [2.24, 2.45) is 0 Å². The summed E-state index contributed by atoms with van der Waals surface area (Å²) in [6.45, 7) is 0.193. The smallest absolute Gasteiger partial charge is 0.240 e. The van der Waals surface area contributed by atoms with Crippen LogP contribution in [0.1, 0.15) is 16.9 Å². The van der Waals surface area contributed by atoms with Crippen LogP contribution in [-0.4, -0.2) is 17.3 Å². The molecular weight excluding hydrogens is 164 g/mol. The third-order valence-electron chi connectivity index (χ3n) is 1.57. The van der Waals surface area contributed by atoms with Gasteiger partial charge in [-0.05, 0) is 12.1 Å². The molecule has 2 nitrogen and oxygen atoms in total. The largest absolute Gasteiger partial charge is 0.345 e. The van der Waals surface area contributed by atoms with E-state index in [1.807, 2.05) is 0 Å². The second-order valence-electron chi connectivity index (χ2n) is 2.42. The summed E-state index contributed by atoms with van der Waals surface area (Å²) < 4.78 is 25.0. The molecule has 0 amide bonds. The molecule has 0 saturated carbocycles. The lowest BCUT2D eigenvalue weighted by atomic mass is 10.4. The molecule has 0 aliphatic heterocycles. The van der Waals surface area contributed by atoms with E-state index in [-0.39, 0.29) is 13.0 Å². The van der Waals surface area contributed by atoms with Crippen molar-refractivity contribution in [1.29, 1.82) is 0 Å².